The smallest absolute Gasteiger partial charge is 0.410 e. The highest BCUT2D eigenvalue weighted by atomic mass is 16.6. The van der Waals surface area contributed by atoms with E-state index in [0.29, 0.717) is 19.3 Å². The average Bonchev–Trinajstić information content (AvgIpc) is 2.33. The van der Waals surface area contributed by atoms with Crippen LogP contribution in [0.4, 0.5) is 4.79 Å². The van der Waals surface area contributed by atoms with E-state index in [9.17, 15) is 4.79 Å². The Kier molecular flexibility index (Phi) is 6.58. The van der Waals surface area contributed by atoms with Crippen molar-refractivity contribution in [2.24, 2.45) is 0 Å². The van der Waals surface area contributed by atoms with Crippen molar-refractivity contribution in [2.75, 3.05) is 33.3 Å². The van der Waals surface area contributed by atoms with Gasteiger partial charge in [-0.2, -0.15) is 0 Å². The molecule has 0 aromatic rings. The van der Waals surface area contributed by atoms with Crippen LogP contribution in [0.5, 0.6) is 0 Å². The molecule has 0 bridgehead atoms. The third kappa shape index (κ3) is 7.38. The van der Waals surface area contributed by atoms with Crippen molar-refractivity contribution in [3.63, 3.8) is 0 Å². The van der Waals surface area contributed by atoms with E-state index in [4.69, 9.17) is 9.47 Å². The van der Waals surface area contributed by atoms with Gasteiger partial charge in [0.2, 0.25) is 0 Å². The number of hydrogen-bond acceptors (Lipinski definition) is 4. The lowest BCUT2D eigenvalue weighted by Gasteiger charge is -2.25. The number of amides is 1. The van der Waals surface area contributed by atoms with E-state index in [0.717, 1.165) is 32.4 Å². The van der Waals surface area contributed by atoms with Gasteiger partial charge in [-0.25, -0.2) is 4.79 Å². The normalized spacial score (nSPS) is 17.3. The fourth-order valence-electron chi connectivity index (χ4n) is 1.94. The van der Waals surface area contributed by atoms with Gasteiger partial charge in [0.15, 0.2) is 0 Å². The van der Waals surface area contributed by atoms with E-state index < -0.39 is 5.60 Å². The van der Waals surface area contributed by atoms with Gasteiger partial charge >= 0.3 is 6.09 Å². The molecule has 1 amide bonds. The van der Waals surface area contributed by atoms with Gasteiger partial charge in [0.1, 0.15) is 5.60 Å². The van der Waals surface area contributed by atoms with Crippen molar-refractivity contribution in [1.82, 2.24) is 10.2 Å². The monoisotopic (exact) mass is 272 g/mol. The molecule has 1 rings (SSSR count). The number of piperidine rings is 1. The first-order chi connectivity index (χ1) is 8.88. The van der Waals surface area contributed by atoms with Crippen molar-refractivity contribution >= 4 is 6.09 Å². The summed E-state index contributed by atoms with van der Waals surface area (Å²) in [6.07, 6.45) is 3.13. The van der Waals surface area contributed by atoms with Crippen LogP contribution in [0.25, 0.3) is 0 Å². The molecule has 0 aromatic carbocycles. The summed E-state index contributed by atoms with van der Waals surface area (Å²) in [7, 11) is 1.76. The molecule has 19 heavy (non-hydrogen) atoms. The van der Waals surface area contributed by atoms with Gasteiger partial charge in [-0.15, -0.1) is 0 Å². The Balaban J connectivity index is 2.09. The zero-order valence-electron chi connectivity index (χ0n) is 12.7. The summed E-state index contributed by atoms with van der Waals surface area (Å²) in [5.41, 5.74) is -0.434. The molecule has 1 N–H and O–H groups in total. The summed E-state index contributed by atoms with van der Waals surface area (Å²) in [5.74, 6) is 0. The third-order valence-electron chi connectivity index (χ3n) is 2.98. The lowest BCUT2D eigenvalue weighted by molar-refractivity contribution is 0.0177. The molecular formula is C14H28N2O3. The maximum atomic E-state index is 11.7. The van der Waals surface area contributed by atoms with Crippen molar-refractivity contribution in [3.8, 4) is 0 Å². The van der Waals surface area contributed by atoms with Crippen molar-refractivity contribution in [2.45, 2.75) is 51.7 Å². The van der Waals surface area contributed by atoms with Crippen LogP contribution in [0.2, 0.25) is 0 Å². The molecule has 0 atom stereocenters. The summed E-state index contributed by atoms with van der Waals surface area (Å²) >= 11 is 0. The van der Waals surface area contributed by atoms with Crippen LogP contribution >= 0.6 is 0 Å². The molecule has 5 nitrogen and oxygen atoms in total. The van der Waals surface area contributed by atoms with E-state index >= 15 is 0 Å². The Labute approximate surface area is 116 Å². The number of carbonyl (C=O) groups is 1. The second kappa shape index (κ2) is 7.70. The number of rotatable bonds is 5. The largest absolute Gasteiger partial charge is 0.444 e. The van der Waals surface area contributed by atoms with Gasteiger partial charge in [0, 0.05) is 20.2 Å². The molecule has 1 heterocycles. The Morgan fingerprint density at radius 3 is 2.53 bits per heavy atom. The Hall–Kier alpha value is -0.810. The van der Waals surface area contributed by atoms with Crippen LogP contribution in [-0.4, -0.2) is 56.0 Å². The standard InChI is InChI=1S/C14H28N2O3/c1-14(2,3)19-13(17)16(4)10-5-11-18-12-6-8-15-9-7-12/h12,15H,5-11H2,1-4H3. The quantitative estimate of drug-likeness (QED) is 0.778. The van der Waals surface area contributed by atoms with Gasteiger partial charge in [0.05, 0.1) is 6.10 Å². The first kappa shape index (κ1) is 16.2. The number of nitrogens with zero attached hydrogens (tertiary/aromatic N) is 1. The molecule has 0 unspecified atom stereocenters. The van der Waals surface area contributed by atoms with Gasteiger partial charge in [-0.1, -0.05) is 0 Å². The summed E-state index contributed by atoms with van der Waals surface area (Å²) in [6.45, 7) is 9.08. The SMILES string of the molecule is CN(CCCOC1CCNCC1)C(=O)OC(C)(C)C. The molecule has 112 valence electrons. The molecule has 0 radical (unpaired) electrons. The van der Waals surface area contributed by atoms with E-state index in [1.807, 2.05) is 20.8 Å². The molecule has 1 fully saturated rings. The minimum atomic E-state index is -0.434. The first-order valence-electron chi connectivity index (χ1n) is 7.15. The predicted octanol–water partition coefficient (Wildman–Crippen LogP) is 2.01. The molecule has 1 saturated heterocycles. The van der Waals surface area contributed by atoms with E-state index in [1.165, 1.54) is 0 Å². The molecular weight excluding hydrogens is 244 g/mol. The van der Waals surface area contributed by atoms with Gasteiger partial charge in [-0.05, 0) is 53.1 Å². The van der Waals surface area contributed by atoms with Crippen LogP contribution in [0, 0.1) is 0 Å². The predicted molar refractivity (Wildman–Crippen MR) is 75.3 cm³/mol. The van der Waals surface area contributed by atoms with Crippen LogP contribution in [-0.2, 0) is 9.47 Å². The summed E-state index contributed by atoms with van der Waals surface area (Å²) < 4.78 is 11.1. The van der Waals surface area contributed by atoms with Gasteiger partial charge in [-0.3, -0.25) is 0 Å². The fraction of sp³-hybridized carbons (Fsp3) is 0.929. The van der Waals surface area contributed by atoms with E-state index in [1.54, 1.807) is 11.9 Å². The maximum Gasteiger partial charge on any atom is 0.410 e. The third-order valence-corrected chi connectivity index (χ3v) is 2.98. The Bertz CT molecular complexity index is 270. The van der Waals surface area contributed by atoms with Crippen LogP contribution in [0.3, 0.4) is 0 Å². The van der Waals surface area contributed by atoms with Gasteiger partial charge < -0.3 is 19.7 Å². The minimum absolute atomic E-state index is 0.269. The van der Waals surface area contributed by atoms with Crippen LogP contribution in [0.1, 0.15) is 40.0 Å². The van der Waals surface area contributed by atoms with E-state index in [-0.39, 0.29) is 6.09 Å². The highest BCUT2D eigenvalue weighted by molar-refractivity contribution is 5.67. The van der Waals surface area contributed by atoms with E-state index in [2.05, 4.69) is 5.32 Å². The molecule has 1 aliphatic heterocycles. The highest BCUT2D eigenvalue weighted by Gasteiger charge is 2.19. The molecule has 0 aromatic heterocycles. The zero-order chi connectivity index (χ0) is 14.3. The van der Waals surface area contributed by atoms with Crippen molar-refractivity contribution < 1.29 is 14.3 Å². The highest BCUT2D eigenvalue weighted by Crippen LogP contribution is 2.10. The van der Waals surface area contributed by atoms with Crippen molar-refractivity contribution in [1.29, 1.82) is 0 Å². The average molecular weight is 272 g/mol. The molecule has 1 aliphatic rings. The number of carbonyl (C=O) groups excluding carboxylic acids is 1. The number of hydrogen-bond donors (Lipinski definition) is 1. The van der Waals surface area contributed by atoms with Crippen LogP contribution < -0.4 is 5.32 Å². The lowest BCUT2D eigenvalue weighted by Crippen LogP contribution is -2.35. The topological polar surface area (TPSA) is 50.8 Å². The minimum Gasteiger partial charge on any atom is -0.444 e. The Morgan fingerprint density at radius 2 is 1.95 bits per heavy atom. The first-order valence-corrected chi connectivity index (χ1v) is 7.15. The molecule has 0 saturated carbocycles. The molecule has 0 spiro atoms. The summed E-state index contributed by atoms with van der Waals surface area (Å²) in [4.78, 5) is 13.3. The second-order valence-corrected chi connectivity index (χ2v) is 6.08. The van der Waals surface area contributed by atoms with Gasteiger partial charge in [0.25, 0.3) is 0 Å². The number of nitrogens with one attached hydrogen (secondary N) is 1. The lowest BCUT2D eigenvalue weighted by atomic mass is 10.1. The molecule has 0 aliphatic carbocycles. The Morgan fingerprint density at radius 1 is 1.32 bits per heavy atom. The molecule has 5 heteroatoms. The fourth-order valence-corrected chi connectivity index (χ4v) is 1.94. The van der Waals surface area contributed by atoms with Crippen molar-refractivity contribution in [3.05, 3.63) is 0 Å². The van der Waals surface area contributed by atoms with Crippen LogP contribution in [0.15, 0.2) is 0 Å². The summed E-state index contributed by atoms with van der Waals surface area (Å²) in [6, 6.07) is 0. The summed E-state index contributed by atoms with van der Waals surface area (Å²) in [5, 5.41) is 3.31. The maximum absolute atomic E-state index is 11.7. The second-order valence-electron chi connectivity index (χ2n) is 6.08. The number of ether oxygens (including phenoxy) is 2. The zero-order valence-corrected chi connectivity index (χ0v) is 12.7.